The molecule has 0 aliphatic rings. The molecule has 2 aromatic rings. The number of nitrogens with one attached hydrogen (secondary N) is 1. The first kappa shape index (κ1) is 18.3. The van der Waals surface area contributed by atoms with Gasteiger partial charge in [0.15, 0.2) is 18.1 Å². The van der Waals surface area contributed by atoms with E-state index < -0.39 is 5.91 Å². The Morgan fingerprint density at radius 2 is 1.88 bits per heavy atom. The summed E-state index contributed by atoms with van der Waals surface area (Å²) < 4.78 is 10.7. The molecule has 3 N–H and O–H groups in total. The largest absolute Gasteiger partial charge is 0.493 e. The first-order valence-corrected chi connectivity index (χ1v) is 7.95. The number of methoxy groups -OCH3 is 1. The van der Waals surface area contributed by atoms with Gasteiger partial charge in [-0.1, -0.05) is 31.2 Å². The average Bonchev–Trinajstić information content (AvgIpc) is 2.61. The quantitative estimate of drug-likeness (QED) is 0.809. The average molecular weight is 342 g/mol. The number of hydrogen-bond acceptors (Lipinski definition) is 4. The molecule has 0 aliphatic carbocycles. The zero-order chi connectivity index (χ0) is 18.4. The van der Waals surface area contributed by atoms with Crippen molar-refractivity contribution in [3.05, 3.63) is 53.1 Å². The van der Waals surface area contributed by atoms with Crippen molar-refractivity contribution in [1.29, 1.82) is 0 Å². The SMILES string of the molecule is CCc1cccc(C)c1NC(=O)COc1c(OC)cccc1C(N)=O. The Hall–Kier alpha value is -3.02. The number of ether oxygens (including phenoxy) is 2. The number of aryl methyl sites for hydroxylation is 2. The third-order valence-electron chi connectivity index (χ3n) is 3.82. The highest BCUT2D eigenvalue weighted by Gasteiger charge is 2.17. The molecule has 25 heavy (non-hydrogen) atoms. The van der Waals surface area contributed by atoms with E-state index in [0.29, 0.717) is 5.75 Å². The summed E-state index contributed by atoms with van der Waals surface area (Å²) in [5.41, 5.74) is 8.32. The van der Waals surface area contributed by atoms with Crippen LogP contribution in [-0.2, 0) is 11.2 Å². The van der Waals surface area contributed by atoms with Gasteiger partial charge >= 0.3 is 0 Å². The number of carbonyl (C=O) groups excluding carboxylic acids is 2. The van der Waals surface area contributed by atoms with Crippen LogP contribution in [0.1, 0.15) is 28.4 Å². The number of rotatable bonds is 7. The van der Waals surface area contributed by atoms with Gasteiger partial charge in [0.05, 0.1) is 12.7 Å². The van der Waals surface area contributed by atoms with Crippen LogP contribution in [0, 0.1) is 6.92 Å². The Labute approximate surface area is 146 Å². The predicted molar refractivity (Wildman–Crippen MR) is 96.2 cm³/mol. The summed E-state index contributed by atoms with van der Waals surface area (Å²) >= 11 is 0. The van der Waals surface area contributed by atoms with Gasteiger partial charge in [0.1, 0.15) is 0 Å². The summed E-state index contributed by atoms with van der Waals surface area (Å²) in [5, 5.41) is 2.87. The number of benzene rings is 2. The molecular weight excluding hydrogens is 320 g/mol. The van der Waals surface area contributed by atoms with Gasteiger partial charge in [0.25, 0.3) is 11.8 Å². The van der Waals surface area contributed by atoms with E-state index in [1.807, 2.05) is 32.0 Å². The molecule has 0 saturated carbocycles. The lowest BCUT2D eigenvalue weighted by molar-refractivity contribution is -0.118. The van der Waals surface area contributed by atoms with Crippen molar-refractivity contribution in [2.24, 2.45) is 5.73 Å². The second-order valence-corrected chi connectivity index (χ2v) is 5.50. The van der Waals surface area contributed by atoms with E-state index in [1.54, 1.807) is 12.1 Å². The minimum Gasteiger partial charge on any atom is -0.493 e. The van der Waals surface area contributed by atoms with Crippen molar-refractivity contribution >= 4 is 17.5 Å². The Bertz CT molecular complexity index is 787. The van der Waals surface area contributed by atoms with Crippen molar-refractivity contribution in [2.75, 3.05) is 19.0 Å². The number of hydrogen-bond donors (Lipinski definition) is 2. The number of nitrogens with two attached hydrogens (primary N) is 1. The van der Waals surface area contributed by atoms with Crippen molar-refractivity contribution in [3.8, 4) is 11.5 Å². The number of para-hydroxylation sites is 2. The standard InChI is InChI=1S/C19H22N2O4/c1-4-13-8-5-7-12(2)17(13)21-16(22)11-25-18-14(19(20)23)9-6-10-15(18)24-3/h5-10H,4,11H2,1-3H3,(H2,20,23)(H,21,22). The van der Waals surface area contributed by atoms with E-state index in [4.69, 9.17) is 15.2 Å². The molecule has 2 amide bonds. The van der Waals surface area contributed by atoms with E-state index in [1.165, 1.54) is 13.2 Å². The number of primary amides is 1. The topological polar surface area (TPSA) is 90.7 Å². The van der Waals surface area contributed by atoms with Gasteiger partial charge < -0.3 is 20.5 Å². The van der Waals surface area contributed by atoms with E-state index >= 15 is 0 Å². The van der Waals surface area contributed by atoms with Crippen LogP contribution < -0.4 is 20.5 Å². The predicted octanol–water partition coefficient (Wildman–Crippen LogP) is 2.68. The third-order valence-corrected chi connectivity index (χ3v) is 3.82. The van der Waals surface area contributed by atoms with Crippen molar-refractivity contribution < 1.29 is 19.1 Å². The molecular formula is C19H22N2O4. The first-order chi connectivity index (χ1) is 12.0. The van der Waals surface area contributed by atoms with Crippen LogP contribution in [0.15, 0.2) is 36.4 Å². The normalized spacial score (nSPS) is 10.2. The van der Waals surface area contributed by atoms with Crippen molar-refractivity contribution in [1.82, 2.24) is 0 Å². The molecule has 6 heteroatoms. The molecule has 6 nitrogen and oxygen atoms in total. The van der Waals surface area contributed by atoms with Crippen LogP contribution >= 0.6 is 0 Å². The molecule has 132 valence electrons. The highest BCUT2D eigenvalue weighted by Crippen LogP contribution is 2.31. The fourth-order valence-corrected chi connectivity index (χ4v) is 2.53. The minimum absolute atomic E-state index is 0.160. The van der Waals surface area contributed by atoms with Crippen LogP contribution in [0.4, 0.5) is 5.69 Å². The van der Waals surface area contributed by atoms with Crippen LogP contribution in [0.5, 0.6) is 11.5 Å². The second-order valence-electron chi connectivity index (χ2n) is 5.50. The second kappa shape index (κ2) is 8.19. The molecule has 0 saturated heterocycles. The molecule has 0 radical (unpaired) electrons. The van der Waals surface area contributed by atoms with Crippen molar-refractivity contribution in [3.63, 3.8) is 0 Å². The van der Waals surface area contributed by atoms with E-state index in [9.17, 15) is 9.59 Å². The maximum Gasteiger partial charge on any atom is 0.262 e. The van der Waals surface area contributed by atoms with Gasteiger partial charge in [-0.15, -0.1) is 0 Å². The third kappa shape index (κ3) is 4.29. The summed E-state index contributed by atoms with van der Waals surface area (Å²) in [7, 11) is 1.45. The fourth-order valence-electron chi connectivity index (χ4n) is 2.53. The van der Waals surface area contributed by atoms with Crippen LogP contribution in [0.2, 0.25) is 0 Å². The van der Waals surface area contributed by atoms with Crippen LogP contribution in [0.25, 0.3) is 0 Å². The van der Waals surface area contributed by atoms with Crippen molar-refractivity contribution in [2.45, 2.75) is 20.3 Å². The Morgan fingerprint density at radius 1 is 1.16 bits per heavy atom. The molecule has 0 atom stereocenters. The maximum atomic E-state index is 12.3. The van der Waals surface area contributed by atoms with Gasteiger partial charge in [-0.2, -0.15) is 0 Å². The molecule has 0 spiro atoms. The van der Waals surface area contributed by atoms with Gasteiger partial charge in [-0.25, -0.2) is 0 Å². The number of anilines is 1. The Balaban J connectivity index is 2.15. The van der Waals surface area contributed by atoms with Gasteiger partial charge in [-0.05, 0) is 36.6 Å². The molecule has 0 unspecified atom stereocenters. The lowest BCUT2D eigenvalue weighted by Gasteiger charge is -2.15. The molecule has 0 bridgehead atoms. The minimum atomic E-state index is -0.651. The number of carbonyl (C=O) groups is 2. The lowest BCUT2D eigenvalue weighted by atomic mass is 10.1. The lowest BCUT2D eigenvalue weighted by Crippen LogP contribution is -2.23. The van der Waals surface area contributed by atoms with E-state index in [0.717, 1.165) is 23.2 Å². The van der Waals surface area contributed by atoms with Gasteiger partial charge in [-0.3, -0.25) is 9.59 Å². The summed E-state index contributed by atoms with van der Waals surface area (Å²) in [4.78, 5) is 23.8. The van der Waals surface area contributed by atoms with Gasteiger partial charge in [0.2, 0.25) is 0 Å². The highest BCUT2D eigenvalue weighted by molar-refractivity contribution is 5.97. The Kier molecular flexibility index (Phi) is 6.00. The molecule has 0 aliphatic heterocycles. The first-order valence-electron chi connectivity index (χ1n) is 7.95. The molecule has 0 fully saturated rings. The maximum absolute atomic E-state index is 12.3. The summed E-state index contributed by atoms with van der Waals surface area (Å²) in [5.74, 6) is -0.478. The van der Waals surface area contributed by atoms with Gasteiger partial charge in [0, 0.05) is 5.69 Å². The number of amides is 2. The van der Waals surface area contributed by atoms with E-state index in [2.05, 4.69) is 5.32 Å². The summed E-state index contributed by atoms with van der Waals surface area (Å²) in [6, 6.07) is 10.6. The Morgan fingerprint density at radius 3 is 2.52 bits per heavy atom. The molecule has 0 aromatic heterocycles. The monoisotopic (exact) mass is 342 g/mol. The highest BCUT2D eigenvalue weighted by atomic mass is 16.5. The summed E-state index contributed by atoms with van der Waals surface area (Å²) in [6.07, 6.45) is 0.802. The fraction of sp³-hybridized carbons (Fsp3) is 0.263. The molecule has 2 aromatic carbocycles. The van der Waals surface area contributed by atoms with Crippen LogP contribution in [0.3, 0.4) is 0 Å². The zero-order valence-corrected chi connectivity index (χ0v) is 14.6. The van der Waals surface area contributed by atoms with E-state index in [-0.39, 0.29) is 23.8 Å². The molecule has 0 heterocycles. The van der Waals surface area contributed by atoms with Crippen LogP contribution in [-0.4, -0.2) is 25.5 Å². The summed E-state index contributed by atoms with van der Waals surface area (Å²) in [6.45, 7) is 3.69. The zero-order valence-electron chi connectivity index (χ0n) is 14.6. The molecule has 2 rings (SSSR count). The smallest absolute Gasteiger partial charge is 0.262 e.